The van der Waals surface area contributed by atoms with Crippen molar-refractivity contribution in [2.45, 2.75) is 51.5 Å². The fraction of sp³-hybridized carbons (Fsp3) is 0.647. The highest BCUT2D eigenvalue weighted by Crippen LogP contribution is 2.40. The van der Waals surface area contributed by atoms with E-state index in [4.69, 9.17) is 5.73 Å². The molecule has 1 unspecified atom stereocenters. The lowest BCUT2D eigenvalue weighted by Gasteiger charge is -2.41. The quantitative estimate of drug-likeness (QED) is 0.901. The molecule has 0 saturated heterocycles. The molecule has 2 aliphatic rings. The van der Waals surface area contributed by atoms with Gasteiger partial charge in [0.05, 0.1) is 0 Å². The average Bonchev–Trinajstić information content (AvgIpc) is 2.76. The first-order valence-corrected chi connectivity index (χ1v) is 7.79. The SMILES string of the molecule is CC1Cc2ccccc2N1CC1(CN)CCCCC1. The Morgan fingerprint density at radius 2 is 1.95 bits per heavy atom. The van der Waals surface area contributed by atoms with Gasteiger partial charge in [0.25, 0.3) is 0 Å². The fourth-order valence-corrected chi connectivity index (χ4v) is 3.96. The number of rotatable bonds is 3. The van der Waals surface area contributed by atoms with E-state index in [1.165, 1.54) is 49.8 Å². The van der Waals surface area contributed by atoms with Gasteiger partial charge in [0.2, 0.25) is 0 Å². The smallest absolute Gasteiger partial charge is 0.0402 e. The van der Waals surface area contributed by atoms with Gasteiger partial charge in [0.15, 0.2) is 0 Å². The average molecular weight is 258 g/mol. The maximum absolute atomic E-state index is 6.16. The second-order valence-corrected chi connectivity index (χ2v) is 6.57. The van der Waals surface area contributed by atoms with Crippen LogP contribution in [-0.4, -0.2) is 19.1 Å². The Kier molecular flexibility index (Phi) is 3.53. The lowest BCUT2D eigenvalue weighted by Crippen LogP contribution is -2.45. The molecule has 1 heterocycles. The largest absolute Gasteiger partial charge is 0.368 e. The number of para-hydroxylation sites is 1. The number of fused-ring (bicyclic) bond motifs is 1. The Hall–Kier alpha value is -1.02. The molecule has 104 valence electrons. The van der Waals surface area contributed by atoms with E-state index in [1.54, 1.807) is 0 Å². The summed E-state index contributed by atoms with van der Waals surface area (Å²) < 4.78 is 0. The highest BCUT2D eigenvalue weighted by atomic mass is 15.2. The minimum atomic E-state index is 0.365. The van der Waals surface area contributed by atoms with Gasteiger partial charge in [-0.2, -0.15) is 0 Å². The molecule has 1 aliphatic heterocycles. The van der Waals surface area contributed by atoms with Crippen LogP contribution in [0.1, 0.15) is 44.6 Å². The van der Waals surface area contributed by atoms with Gasteiger partial charge in [0, 0.05) is 23.7 Å². The molecule has 0 spiro atoms. The molecule has 0 bridgehead atoms. The summed E-state index contributed by atoms with van der Waals surface area (Å²) in [5, 5.41) is 0. The second kappa shape index (κ2) is 5.16. The number of nitrogens with two attached hydrogens (primary N) is 1. The van der Waals surface area contributed by atoms with Crippen LogP contribution >= 0.6 is 0 Å². The first-order valence-electron chi connectivity index (χ1n) is 7.79. The van der Waals surface area contributed by atoms with Gasteiger partial charge < -0.3 is 10.6 Å². The third-order valence-corrected chi connectivity index (χ3v) is 5.20. The molecule has 19 heavy (non-hydrogen) atoms. The topological polar surface area (TPSA) is 29.3 Å². The molecule has 2 nitrogen and oxygen atoms in total. The molecule has 1 atom stereocenters. The summed E-state index contributed by atoms with van der Waals surface area (Å²) in [6.07, 6.45) is 7.94. The van der Waals surface area contributed by atoms with E-state index in [-0.39, 0.29) is 0 Å². The van der Waals surface area contributed by atoms with Crippen LogP contribution in [0, 0.1) is 5.41 Å². The molecule has 0 aromatic heterocycles. The molecule has 2 heteroatoms. The third kappa shape index (κ3) is 2.38. The summed E-state index contributed by atoms with van der Waals surface area (Å²) in [6, 6.07) is 9.52. The third-order valence-electron chi connectivity index (χ3n) is 5.20. The summed E-state index contributed by atoms with van der Waals surface area (Å²) in [4.78, 5) is 2.62. The second-order valence-electron chi connectivity index (χ2n) is 6.57. The Morgan fingerprint density at radius 3 is 2.68 bits per heavy atom. The van der Waals surface area contributed by atoms with Gasteiger partial charge in [-0.25, -0.2) is 0 Å². The summed E-state index contributed by atoms with van der Waals surface area (Å²) in [5.41, 5.74) is 9.48. The lowest BCUT2D eigenvalue weighted by atomic mass is 9.73. The molecule has 0 radical (unpaired) electrons. The Bertz CT molecular complexity index is 435. The van der Waals surface area contributed by atoms with Crippen LogP contribution in [0.4, 0.5) is 5.69 Å². The predicted octanol–water partition coefficient (Wildman–Crippen LogP) is 3.35. The number of anilines is 1. The van der Waals surface area contributed by atoms with Crippen LogP contribution < -0.4 is 10.6 Å². The predicted molar refractivity (Wildman–Crippen MR) is 81.5 cm³/mol. The monoisotopic (exact) mass is 258 g/mol. The molecule has 2 N–H and O–H groups in total. The highest BCUT2D eigenvalue weighted by Gasteiger charge is 2.36. The summed E-state index contributed by atoms with van der Waals surface area (Å²) in [6.45, 7) is 4.35. The maximum Gasteiger partial charge on any atom is 0.0402 e. The minimum absolute atomic E-state index is 0.365. The Morgan fingerprint density at radius 1 is 1.21 bits per heavy atom. The van der Waals surface area contributed by atoms with Crippen molar-refractivity contribution in [3.05, 3.63) is 29.8 Å². The standard InChI is InChI=1S/C17H26N2/c1-14-11-15-7-3-4-8-16(15)19(14)13-17(12-18)9-5-2-6-10-17/h3-4,7-8,14H,2,5-6,9-13,18H2,1H3. The first kappa shape index (κ1) is 13.0. The highest BCUT2D eigenvalue weighted by molar-refractivity contribution is 5.59. The van der Waals surface area contributed by atoms with Crippen molar-refractivity contribution >= 4 is 5.69 Å². The summed E-state index contributed by atoms with van der Waals surface area (Å²) >= 11 is 0. The molecular weight excluding hydrogens is 232 g/mol. The number of hydrogen-bond donors (Lipinski definition) is 1. The molecule has 0 amide bonds. The van der Waals surface area contributed by atoms with Gasteiger partial charge in [-0.1, -0.05) is 37.5 Å². The number of hydrogen-bond acceptors (Lipinski definition) is 2. The van der Waals surface area contributed by atoms with Gasteiger partial charge in [-0.05, 0) is 44.4 Å². The Balaban J connectivity index is 1.82. The molecule has 1 aliphatic carbocycles. The summed E-state index contributed by atoms with van der Waals surface area (Å²) in [5.74, 6) is 0. The van der Waals surface area contributed by atoms with Crippen LogP contribution in [0.25, 0.3) is 0 Å². The van der Waals surface area contributed by atoms with Crippen LogP contribution in [-0.2, 0) is 6.42 Å². The fourth-order valence-electron chi connectivity index (χ4n) is 3.96. The van der Waals surface area contributed by atoms with E-state index in [0.717, 1.165) is 13.1 Å². The normalized spacial score (nSPS) is 25.4. The molecule has 1 fully saturated rings. The van der Waals surface area contributed by atoms with Crippen molar-refractivity contribution in [3.63, 3.8) is 0 Å². The van der Waals surface area contributed by atoms with Crippen LogP contribution in [0.3, 0.4) is 0 Å². The van der Waals surface area contributed by atoms with Crippen LogP contribution in [0.5, 0.6) is 0 Å². The molecule has 1 saturated carbocycles. The van der Waals surface area contributed by atoms with Crippen molar-refractivity contribution in [3.8, 4) is 0 Å². The van der Waals surface area contributed by atoms with Crippen molar-refractivity contribution < 1.29 is 0 Å². The van der Waals surface area contributed by atoms with Crippen LogP contribution in [0.2, 0.25) is 0 Å². The lowest BCUT2D eigenvalue weighted by molar-refractivity contribution is 0.201. The van der Waals surface area contributed by atoms with Gasteiger partial charge in [0.1, 0.15) is 0 Å². The zero-order valence-corrected chi connectivity index (χ0v) is 12.1. The summed E-state index contributed by atoms with van der Waals surface area (Å²) in [7, 11) is 0. The van der Waals surface area contributed by atoms with Gasteiger partial charge in [-0.3, -0.25) is 0 Å². The van der Waals surface area contributed by atoms with Gasteiger partial charge in [-0.15, -0.1) is 0 Å². The van der Waals surface area contributed by atoms with Crippen molar-refractivity contribution in [1.82, 2.24) is 0 Å². The number of benzene rings is 1. The van der Waals surface area contributed by atoms with E-state index in [2.05, 4.69) is 36.1 Å². The molecule has 3 rings (SSSR count). The van der Waals surface area contributed by atoms with E-state index in [9.17, 15) is 0 Å². The molecular formula is C17H26N2. The van der Waals surface area contributed by atoms with Crippen molar-refractivity contribution in [2.24, 2.45) is 11.1 Å². The van der Waals surface area contributed by atoms with E-state index in [0.29, 0.717) is 11.5 Å². The first-order chi connectivity index (χ1) is 9.24. The van der Waals surface area contributed by atoms with E-state index < -0.39 is 0 Å². The van der Waals surface area contributed by atoms with Crippen molar-refractivity contribution in [2.75, 3.05) is 18.0 Å². The van der Waals surface area contributed by atoms with Gasteiger partial charge >= 0.3 is 0 Å². The van der Waals surface area contributed by atoms with E-state index in [1.807, 2.05) is 0 Å². The molecule has 1 aromatic carbocycles. The van der Waals surface area contributed by atoms with Crippen molar-refractivity contribution in [1.29, 1.82) is 0 Å². The zero-order valence-electron chi connectivity index (χ0n) is 12.1. The maximum atomic E-state index is 6.16. The Labute approximate surface area is 117 Å². The molecule has 1 aromatic rings. The minimum Gasteiger partial charge on any atom is -0.368 e. The number of nitrogens with zero attached hydrogens (tertiary/aromatic N) is 1. The zero-order chi connectivity index (χ0) is 13.3. The van der Waals surface area contributed by atoms with Crippen LogP contribution in [0.15, 0.2) is 24.3 Å². The van der Waals surface area contributed by atoms with E-state index >= 15 is 0 Å².